The van der Waals surface area contributed by atoms with Gasteiger partial charge in [0.05, 0.1) is 4.92 Å². The van der Waals surface area contributed by atoms with E-state index in [1.54, 1.807) is 24.3 Å². The molecule has 1 aromatic carbocycles. The molecule has 0 aliphatic carbocycles. The van der Waals surface area contributed by atoms with E-state index in [4.69, 9.17) is 23.2 Å². The van der Waals surface area contributed by atoms with Crippen molar-refractivity contribution >= 4 is 39.5 Å². The molecule has 0 saturated heterocycles. The van der Waals surface area contributed by atoms with Crippen molar-refractivity contribution in [3.05, 3.63) is 50.5 Å². The molecular weight excluding hydrogens is 269 g/mol. The van der Waals surface area contributed by atoms with Gasteiger partial charge in [-0.25, -0.2) is 0 Å². The summed E-state index contributed by atoms with van der Waals surface area (Å²) in [5.41, 5.74) is 0.788. The van der Waals surface area contributed by atoms with Gasteiger partial charge in [0, 0.05) is 21.0 Å². The van der Waals surface area contributed by atoms with Crippen molar-refractivity contribution in [2.45, 2.75) is 0 Å². The predicted octanol–water partition coefficient (Wildman–Crippen LogP) is 4.63. The fourth-order valence-corrected chi connectivity index (χ4v) is 2.61. The minimum atomic E-state index is -0.416. The molecule has 6 heteroatoms. The Balaban J connectivity index is 2.46. The molecule has 3 nitrogen and oxygen atoms in total. The number of thiophene rings is 1. The van der Waals surface area contributed by atoms with Crippen LogP contribution in [0.2, 0.25) is 10.0 Å². The highest BCUT2D eigenvalue weighted by Crippen LogP contribution is 2.35. The summed E-state index contributed by atoms with van der Waals surface area (Å²) in [4.78, 5) is 10.9. The van der Waals surface area contributed by atoms with Crippen molar-refractivity contribution < 1.29 is 4.92 Å². The standard InChI is InChI=1S/C10H5Cl2NO2S/c11-7-3-6(4-8(12)5-7)9-1-2-10(16-9)13(14)15/h1-5H. The lowest BCUT2D eigenvalue weighted by molar-refractivity contribution is -0.380. The maximum atomic E-state index is 10.5. The summed E-state index contributed by atoms with van der Waals surface area (Å²) in [5, 5.41) is 11.7. The number of benzene rings is 1. The topological polar surface area (TPSA) is 43.1 Å². The Morgan fingerprint density at radius 2 is 1.75 bits per heavy atom. The molecular formula is C10H5Cl2NO2S. The van der Waals surface area contributed by atoms with Gasteiger partial charge in [-0.3, -0.25) is 10.1 Å². The van der Waals surface area contributed by atoms with Gasteiger partial charge in [0.1, 0.15) is 0 Å². The minimum Gasteiger partial charge on any atom is -0.258 e. The highest BCUT2D eigenvalue weighted by Gasteiger charge is 2.11. The van der Waals surface area contributed by atoms with E-state index in [9.17, 15) is 10.1 Å². The van der Waals surface area contributed by atoms with Crippen LogP contribution < -0.4 is 0 Å². The molecule has 1 heterocycles. The van der Waals surface area contributed by atoms with Gasteiger partial charge in [0.15, 0.2) is 0 Å². The van der Waals surface area contributed by atoms with Crippen molar-refractivity contribution in [3.8, 4) is 10.4 Å². The summed E-state index contributed by atoms with van der Waals surface area (Å²) in [6.45, 7) is 0. The Morgan fingerprint density at radius 3 is 2.25 bits per heavy atom. The van der Waals surface area contributed by atoms with E-state index < -0.39 is 4.92 Å². The summed E-state index contributed by atoms with van der Waals surface area (Å²) in [7, 11) is 0. The van der Waals surface area contributed by atoms with Crippen LogP contribution in [0.3, 0.4) is 0 Å². The Hall–Kier alpha value is -1.10. The van der Waals surface area contributed by atoms with Gasteiger partial charge in [-0.05, 0) is 29.8 Å². The molecule has 0 N–H and O–H groups in total. The van der Waals surface area contributed by atoms with Gasteiger partial charge < -0.3 is 0 Å². The smallest absolute Gasteiger partial charge is 0.258 e. The predicted molar refractivity (Wildman–Crippen MR) is 66.4 cm³/mol. The van der Waals surface area contributed by atoms with Gasteiger partial charge in [0.2, 0.25) is 0 Å². The van der Waals surface area contributed by atoms with Crippen LogP contribution in [0.15, 0.2) is 30.3 Å². The number of hydrogen-bond acceptors (Lipinski definition) is 3. The SMILES string of the molecule is O=[N+]([O-])c1ccc(-c2cc(Cl)cc(Cl)c2)s1. The average molecular weight is 274 g/mol. The van der Waals surface area contributed by atoms with Crippen LogP contribution in [-0.2, 0) is 0 Å². The number of nitro groups is 1. The summed E-state index contributed by atoms with van der Waals surface area (Å²) >= 11 is 12.8. The summed E-state index contributed by atoms with van der Waals surface area (Å²) in [6.07, 6.45) is 0. The molecule has 0 amide bonds. The lowest BCUT2D eigenvalue weighted by Crippen LogP contribution is -1.80. The van der Waals surface area contributed by atoms with E-state index >= 15 is 0 Å². The molecule has 1 aromatic heterocycles. The largest absolute Gasteiger partial charge is 0.324 e. The second kappa shape index (κ2) is 4.41. The number of hydrogen-bond donors (Lipinski definition) is 0. The van der Waals surface area contributed by atoms with Gasteiger partial charge in [-0.15, -0.1) is 0 Å². The molecule has 2 rings (SSSR count). The Morgan fingerprint density at radius 1 is 1.12 bits per heavy atom. The fraction of sp³-hybridized carbons (Fsp3) is 0. The highest BCUT2D eigenvalue weighted by atomic mass is 35.5. The first-order chi connectivity index (χ1) is 7.56. The summed E-state index contributed by atoms with van der Waals surface area (Å²) in [5.74, 6) is 0. The van der Waals surface area contributed by atoms with E-state index in [2.05, 4.69) is 0 Å². The van der Waals surface area contributed by atoms with Crippen LogP contribution in [0.5, 0.6) is 0 Å². The van der Waals surface area contributed by atoms with Gasteiger partial charge in [0.25, 0.3) is 0 Å². The third-order valence-corrected chi connectivity index (χ3v) is 3.44. The molecule has 0 aliphatic rings. The quantitative estimate of drug-likeness (QED) is 0.591. The first kappa shape index (κ1) is 11.4. The first-order valence-corrected chi connectivity index (χ1v) is 5.84. The summed E-state index contributed by atoms with van der Waals surface area (Å²) < 4.78 is 0. The summed E-state index contributed by atoms with van der Waals surface area (Å²) in [6, 6.07) is 8.22. The number of nitrogens with zero attached hydrogens (tertiary/aromatic N) is 1. The van der Waals surface area contributed by atoms with E-state index in [1.165, 1.54) is 6.07 Å². The zero-order valence-corrected chi connectivity index (χ0v) is 10.1. The van der Waals surface area contributed by atoms with Crippen LogP contribution in [0, 0.1) is 10.1 Å². The van der Waals surface area contributed by atoms with Gasteiger partial charge in [-0.1, -0.05) is 34.5 Å². The van der Waals surface area contributed by atoms with Gasteiger partial charge in [-0.2, -0.15) is 0 Å². The second-order valence-electron chi connectivity index (χ2n) is 3.05. The third kappa shape index (κ3) is 2.35. The zero-order valence-electron chi connectivity index (χ0n) is 7.81. The minimum absolute atomic E-state index is 0.103. The number of halogens is 2. The average Bonchev–Trinajstić information content (AvgIpc) is 2.64. The molecule has 0 saturated carbocycles. The van der Waals surface area contributed by atoms with E-state index in [1.807, 2.05) is 0 Å². The second-order valence-corrected chi connectivity index (χ2v) is 4.99. The molecule has 0 aliphatic heterocycles. The lowest BCUT2D eigenvalue weighted by Gasteiger charge is -1.99. The monoisotopic (exact) mass is 273 g/mol. The molecule has 0 radical (unpaired) electrons. The van der Waals surface area contributed by atoms with Crippen LogP contribution in [0.1, 0.15) is 0 Å². The van der Waals surface area contributed by atoms with E-state index in [-0.39, 0.29) is 5.00 Å². The Labute approximate surface area is 105 Å². The van der Waals surface area contributed by atoms with Crippen LogP contribution in [0.25, 0.3) is 10.4 Å². The van der Waals surface area contributed by atoms with Crippen molar-refractivity contribution in [1.82, 2.24) is 0 Å². The van der Waals surface area contributed by atoms with Crippen LogP contribution in [0.4, 0.5) is 5.00 Å². The first-order valence-electron chi connectivity index (χ1n) is 4.27. The molecule has 0 unspecified atom stereocenters. The zero-order chi connectivity index (χ0) is 11.7. The molecule has 82 valence electrons. The van der Waals surface area contributed by atoms with Crippen LogP contribution >= 0.6 is 34.5 Å². The van der Waals surface area contributed by atoms with E-state index in [0.717, 1.165) is 21.8 Å². The van der Waals surface area contributed by atoms with E-state index in [0.29, 0.717) is 10.0 Å². The van der Waals surface area contributed by atoms with Crippen molar-refractivity contribution in [3.63, 3.8) is 0 Å². The van der Waals surface area contributed by atoms with Crippen molar-refractivity contribution in [2.75, 3.05) is 0 Å². The van der Waals surface area contributed by atoms with Crippen molar-refractivity contribution in [2.24, 2.45) is 0 Å². The molecule has 0 fully saturated rings. The molecule has 0 atom stereocenters. The maximum Gasteiger partial charge on any atom is 0.324 e. The highest BCUT2D eigenvalue weighted by molar-refractivity contribution is 7.18. The van der Waals surface area contributed by atoms with Gasteiger partial charge >= 0.3 is 5.00 Å². The van der Waals surface area contributed by atoms with Crippen molar-refractivity contribution in [1.29, 1.82) is 0 Å². The molecule has 2 aromatic rings. The molecule has 16 heavy (non-hydrogen) atoms. The fourth-order valence-electron chi connectivity index (χ4n) is 1.28. The lowest BCUT2D eigenvalue weighted by atomic mass is 10.2. The normalized spacial score (nSPS) is 10.4. The Bertz CT molecular complexity index is 533. The molecule has 0 spiro atoms. The maximum absolute atomic E-state index is 10.5. The van der Waals surface area contributed by atoms with Crippen LogP contribution in [-0.4, -0.2) is 4.92 Å². The third-order valence-electron chi connectivity index (χ3n) is 1.92. The molecule has 0 bridgehead atoms. The Kier molecular flexibility index (Phi) is 3.14. The number of rotatable bonds is 2.